The predicted octanol–water partition coefficient (Wildman–Crippen LogP) is 3.04. The van der Waals surface area contributed by atoms with E-state index in [-0.39, 0.29) is 5.41 Å². The van der Waals surface area contributed by atoms with Gasteiger partial charge in [-0.2, -0.15) is 5.10 Å². The largest absolute Gasteiger partial charge is 0.314 e. The molecule has 0 saturated heterocycles. The average Bonchev–Trinajstić information content (AvgIpc) is 2.73. The molecule has 19 heavy (non-hydrogen) atoms. The van der Waals surface area contributed by atoms with Gasteiger partial charge in [0, 0.05) is 19.0 Å². The fourth-order valence-electron chi connectivity index (χ4n) is 2.62. The minimum absolute atomic E-state index is 0.249. The summed E-state index contributed by atoms with van der Waals surface area (Å²) in [6.07, 6.45) is 6.12. The zero-order valence-corrected chi connectivity index (χ0v) is 13.2. The van der Waals surface area contributed by atoms with Crippen LogP contribution in [0.2, 0.25) is 0 Å². The molecule has 1 heterocycles. The molecule has 0 amide bonds. The van der Waals surface area contributed by atoms with E-state index in [1.807, 2.05) is 4.68 Å². The van der Waals surface area contributed by atoms with Crippen molar-refractivity contribution in [3.8, 4) is 0 Å². The van der Waals surface area contributed by atoms with Crippen LogP contribution in [-0.2, 0) is 13.0 Å². The van der Waals surface area contributed by atoms with Gasteiger partial charge in [0.2, 0.25) is 0 Å². The highest BCUT2D eigenvalue weighted by atomic mass is 15.3. The standard InChI is InChI=1S/C15H30N4/c1-6-8-16-13(3)10-15(4,5)11-14-17-12-18-19(14)9-7-2/h12-13,16H,6-11H2,1-5H3. The normalized spacial score (nSPS) is 13.7. The van der Waals surface area contributed by atoms with Crippen LogP contribution in [-0.4, -0.2) is 27.4 Å². The van der Waals surface area contributed by atoms with Crippen molar-refractivity contribution >= 4 is 0 Å². The van der Waals surface area contributed by atoms with Gasteiger partial charge < -0.3 is 5.32 Å². The molecule has 0 fully saturated rings. The van der Waals surface area contributed by atoms with E-state index in [4.69, 9.17) is 0 Å². The summed E-state index contributed by atoms with van der Waals surface area (Å²) in [5, 5.41) is 7.87. The highest BCUT2D eigenvalue weighted by Gasteiger charge is 2.23. The molecular formula is C15H30N4. The Labute approximate surface area is 118 Å². The molecule has 1 atom stereocenters. The molecule has 0 aliphatic rings. The first-order chi connectivity index (χ1) is 8.98. The molecule has 1 aromatic rings. The van der Waals surface area contributed by atoms with E-state index >= 15 is 0 Å². The molecule has 0 aromatic carbocycles. The molecule has 110 valence electrons. The van der Waals surface area contributed by atoms with Crippen molar-refractivity contribution in [2.24, 2.45) is 5.41 Å². The monoisotopic (exact) mass is 266 g/mol. The minimum atomic E-state index is 0.249. The van der Waals surface area contributed by atoms with Crippen molar-refractivity contribution in [2.45, 2.75) is 72.9 Å². The average molecular weight is 266 g/mol. The Morgan fingerprint density at radius 2 is 2.05 bits per heavy atom. The Hall–Kier alpha value is -0.900. The fourth-order valence-corrected chi connectivity index (χ4v) is 2.62. The lowest BCUT2D eigenvalue weighted by atomic mass is 9.82. The van der Waals surface area contributed by atoms with Gasteiger partial charge in [0.25, 0.3) is 0 Å². The number of rotatable bonds is 9. The van der Waals surface area contributed by atoms with Crippen LogP contribution in [0.1, 0.15) is 59.7 Å². The Morgan fingerprint density at radius 1 is 1.32 bits per heavy atom. The smallest absolute Gasteiger partial charge is 0.138 e. The molecular weight excluding hydrogens is 236 g/mol. The maximum atomic E-state index is 4.42. The SMILES string of the molecule is CCCNC(C)CC(C)(C)Cc1ncnn1CCC. The molecule has 0 spiro atoms. The van der Waals surface area contributed by atoms with Crippen molar-refractivity contribution in [1.82, 2.24) is 20.1 Å². The second-order valence-electron chi connectivity index (χ2n) is 6.30. The van der Waals surface area contributed by atoms with E-state index in [2.05, 4.69) is 50.0 Å². The van der Waals surface area contributed by atoms with Crippen molar-refractivity contribution in [1.29, 1.82) is 0 Å². The van der Waals surface area contributed by atoms with Crippen molar-refractivity contribution in [3.63, 3.8) is 0 Å². The summed E-state index contributed by atoms with van der Waals surface area (Å²) in [4.78, 5) is 4.42. The minimum Gasteiger partial charge on any atom is -0.314 e. The predicted molar refractivity (Wildman–Crippen MR) is 80.2 cm³/mol. The number of hydrogen-bond acceptors (Lipinski definition) is 3. The maximum absolute atomic E-state index is 4.42. The molecule has 0 bridgehead atoms. The van der Waals surface area contributed by atoms with E-state index < -0.39 is 0 Å². The summed E-state index contributed by atoms with van der Waals surface area (Å²) in [7, 11) is 0. The van der Waals surface area contributed by atoms with Crippen LogP contribution in [0.25, 0.3) is 0 Å². The third-order valence-electron chi connectivity index (χ3n) is 3.37. The zero-order chi connectivity index (χ0) is 14.3. The highest BCUT2D eigenvalue weighted by Crippen LogP contribution is 2.26. The number of hydrogen-bond donors (Lipinski definition) is 1. The van der Waals surface area contributed by atoms with Crippen LogP contribution in [0.15, 0.2) is 6.33 Å². The Bertz CT molecular complexity index is 357. The Balaban J connectivity index is 2.55. The van der Waals surface area contributed by atoms with Gasteiger partial charge in [0.15, 0.2) is 0 Å². The third kappa shape index (κ3) is 5.72. The van der Waals surface area contributed by atoms with Gasteiger partial charge in [-0.05, 0) is 38.1 Å². The number of nitrogens with zero attached hydrogens (tertiary/aromatic N) is 3. The zero-order valence-electron chi connectivity index (χ0n) is 13.2. The molecule has 0 aliphatic heterocycles. The Kier molecular flexibility index (Phi) is 6.49. The van der Waals surface area contributed by atoms with Gasteiger partial charge >= 0.3 is 0 Å². The second kappa shape index (κ2) is 7.63. The molecule has 0 radical (unpaired) electrons. The lowest BCUT2D eigenvalue weighted by Gasteiger charge is -2.28. The molecule has 1 N–H and O–H groups in total. The van der Waals surface area contributed by atoms with Crippen molar-refractivity contribution in [3.05, 3.63) is 12.2 Å². The number of aryl methyl sites for hydroxylation is 1. The fraction of sp³-hybridized carbons (Fsp3) is 0.867. The molecule has 0 aliphatic carbocycles. The molecule has 4 heteroatoms. The van der Waals surface area contributed by atoms with Gasteiger partial charge in [-0.1, -0.05) is 27.7 Å². The van der Waals surface area contributed by atoms with Gasteiger partial charge in [-0.25, -0.2) is 4.98 Å². The first kappa shape index (κ1) is 16.2. The summed E-state index contributed by atoms with van der Waals surface area (Å²) in [5.74, 6) is 1.12. The van der Waals surface area contributed by atoms with Crippen molar-refractivity contribution in [2.75, 3.05) is 6.54 Å². The lowest BCUT2D eigenvalue weighted by Crippen LogP contribution is -2.33. The van der Waals surface area contributed by atoms with Gasteiger partial charge in [0.1, 0.15) is 12.2 Å². The first-order valence-corrected chi connectivity index (χ1v) is 7.58. The van der Waals surface area contributed by atoms with E-state index in [0.717, 1.165) is 38.2 Å². The topological polar surface area (TPSA) is 42.7 Å². The van der Waals surface area contributed by atoms with E-state index in [9.17, 15) is 0 Å². The van der Waals surface area contributed by atoms with E-state index in [0.29, 0.717) is 6.04 Å². The summed E-state index contributed by atoms with van der Waals surface area (Å²) in [6, 6.07) is 0.553. The van der Waals surface area contributed by atoms with Gasteiger partial charge in [-0.3, -0.25) is 4.68 Å². The number of aromatic nitrogens is 3. The van der Waals surface area contributed by atoms with Crippen LogP contribution in [0.4, 0.5) is 0 Å². The molecule has 4 nitrogen and oxygen atoms in total. The summed E-state index contributed by atoms with van der Waals surface area (Å²) < 4.78 is 2.05. The van der Waals surface area contributed by atoms with Crippen LogP contribution in [0.3, 0.4) is 0 Å². The van der Waals surface area contributed by atoms with E-state index in [1.54, 1.807) is 6.33 Å². The quantitative estimate of drug-likeness (QED) is 0.747. The van der Waals surface area contributed by atoms with E-state index in [1.165, 1.54) is 6.42 Å². The molecule has 1 unspecified atom stereocenters. The van der Waals surface area contributed by atoms with Gasteiger partial charge in [-0.15, -0.1) is 0 Å². The van der Waals surface area contributed by atoms with Crippen LogP contribution < -0.4 is 5.32 Å². The maximum Gasteiger partial charge on any atom is 0.138 e. The van der Waals surface area contributed by atoms with Crippen LogP contribution in [0.5, 0.6) is 0 Å². The summed E-state index contributed by atoms with van der Waals surface area (Å²) in [6.45, 7) is 13.4. The van der Waals surface area contributed by atoms with Crippen LogP contribution in [0, 0.1) is 5.41 Å². The summed E-state index contributed by atoms with van der Waals surface area (Å²) >= 11 is 0. The third-order valence-corrected chi connectivity index (χ3v) is 3.37. The van der Waals surface area contributed by atoms with Gasteiger partial charge in [0.05, 0.1) is 0 Å². The van der Waals surface area contributed by atoms with Crippen molar-refractivity contribution < 1.29 is 0 Å². The first-order valence-electron chi connectivity index (χ1n) is 7.58. The Morgan fingerprint density at radius 3 is 2.68 bits per heavy atom. The molecule has 1 rings (SSSR count). The summed E-state index contributed by atoms with van der Waals surface area (Å²) in [5.41, 5.74) is 0.249. The second-order valence-corrected chi connectivity index (χ2v) is 6.30. The number of nitrogens with one attached hydrogen (secondary N) is 1. The lowest BCUT2D eigenvalue weighted by molar-refractivity contribution is 0.277. The molecule has 0 saturated carbocycles. The molecule has 1 aromatic heterocycles. The highest BCUT2D eigenvalue weighted by molar-refractivity contribution is 4.92. The van der Waals surface area contributed by atoms with Crippen LogP contribution >= 0.6 is 0 Å².